The van der Waals surface area contributed by atoms with Crippen molar-refractivity contribution < 1.29 is 15.0 Å². The summed E-state index contributed by atoms with van der Waals surface area (Å²) >= 11 is 0. The second-order valence-corrected chi connectivity index (χ2v) is 3.31. The number of rotatable bonds is 3. The first kappa shape index (κ1) is 10.4. The SMILES string of the molecule is C[C@H]([C@@H](N)C(=O)O)C(C)(C)O. The van der Waals surface area contributed by atoms with Crippen molar-refractivity contribution in [3.05, 3.63) is 0 Å². The van der Waals surface area contributed by atoms with E-state index in [1.807, 2.05) is 0 Å². The Kier molecular flexibility index (Phi) is 3.02. The van der Waals surface area contributed by atoms with Gasteiger partial charge >= 0.3 is 5.97 Å². The maximum absolute atomic E-state index is 10.4. The molecule has 0 aliphatic rings. The predicted molar refractivity (Wildman–Crippen MR) is 41.1 cm³/mol. The largest absolute Gasteiger partial charge is 0.480 e. The van der Waals surface area contributed by atoms with Crippen LogP contribution in [-0.2, 0) is 4.79 Å². The molecular formula is C7H15NO3. The van der Waals surface area contributed by atoms with Gasteiger partial charge in [0.25, 0.3) is 0 Å². The van der Waals surface area contributed by atoms with E-state index in [9.17, 15) is 9.90 Å². The van der Waals surface area contributed by atoms with E-state index in [0.29, 0.717) is 0 Å². The summed E-state index contributed by atoms with van der Waals surface area (Å²) in [4.78, 5) is 10.4. The van der Waals surface area contributed by atoms with E-state index >= 15 is 0 Å². The van der Waals surface area contributed by atoms with Gasteiger partial charge in [-0.2, -0.15) is 0 Å². The Bertz CT molecular complexity index is 150. The lowest BCUT2D eigenvalue weighted by Crippen LogP contribution is -2.46. The van der Waals surface area contributed by atoms with Crippen molar-refractivity contribution >= 4 is 5.97 Å². The molecule has 0 aromatic carbocycles. The van der Waals surface area contributed by atoms with E-state index in [0.717, 1.165) is 0 Å². The van der Waals surface area contributed by atoms with Gasteiger partial charge in [0.2, 0.25) is 0 Å². The highest BCUT2D eigenvalue weighted by molar-refractivity contribution is 5.73. The van der Waals surface area contributed by atoms with E-state index in [1.54, 1.807) is 20.8 Å². The summed E-state index contributed by atoms with van der Waals surface area (Å²) in [5.41, 5.74) is 4.24. The lowest BCUT2D eigenvalue weighted by Gasteiger charge is -2.28. The molecule has 0 amide bonds. The van der Waals surface area contributed by atoms with E-state index < -0.39 is 23.5 Å². The molecule has 0 saturated heterocycles. The highest BCUT2D eigenvalue weighted by Crippen LogP contribution is 2.18. The molecule has 0 bridgehead atoms. The van der Waals surface area contributed by atoms with Crippen molar-refractivity contribution in [2.24, 2.45) is 11.7 Å². The Balaban J connectivity index is 4.25. The average molecular weight is 161 g/mol. The molecule has 0 spiro atoms. The zero-order valence-corrected chi connectivity index (χ0v) is 7.03. The third-order valence-electron chi connectivity index (χ3n) is 1.94. The number of carboxylic acid groups (broad SMARTS) is 1. The highest BCUT2D eigenvalue weighted by Gasteiger charge is 2.31. The molecule has 0 heterocycles. The Morgan fingerprint density at radius 1 is 1.55 bits per heavy atom. The Morgan fingerprint density at radius 3 is 2.00 bits per heavy atom. The summed E-state index contributed by atoms with van der Waals surface area (Å²) in [7, 11) is 0. The van der Waals surface area contributed by atoms with Crippen LogP contribution in [0.1, 0.15) is 20.8 Å². The molecule has 4 N–H and O–H groups in total. The zero-order valence-electron chi connectivity index (χ0n) is 7.03. The predicted octanol–water partition coefficient (Wildman–Crippen LogP) is -0.195. The van der Waals surface area contributed by atoms with Gasteiger partial charge < -0.3 is 15.9 Å². The van der Waals surface area contributed by atoms with E-state index in [1.165, 1.54) is 0 Å². The van der Waals surface area contributed by atoms with Crippen LogP contribution < -0.4 is 5.73 Å². The summed E-state index contributed by atoms with van der Waals surface area (Å²) in [6, 6.07) is -1.00. The number of carbonyl (C=O) groups is 1. The van der Waals surface area contributed by atoms with Crippen LogP contribution in [0.3, 0.4) is 0 Å². The standard InChI is InChI=1S/C7H15NO3/c1-4(7(2,3)11)5(8)6(9)10/h4-5,11H,8H2,1-3H3,(H,9,10)/t4-,5-/m1/s1. The van der Waals surface area contributed by atoms with Crippen molar-refractivity contribution in [3.63, 3.8) is 0 Å². The fourth-order valence-corrected chi connectivity index (χ4v) is 0.653. The van der Waals surface area contributed by atoms with Crippen molar-refractivity contribution in [3.8, 4) is 0 Å². The maximum Gasteiger partial charge on any atom is 0.320 e. The molecule has 4 heteroatoms. The number of hydrogen-bond donors (Lipinski definition) is 3. The van der Waals surface area contributed by atoms with E-state index in [4.69, 9.17) is 10.8 Å². The van der Waals surface area contributed by atoms with Gasteiger partial charge in [0.05, 0.1) is 5.60 Å². The molecule has 0 aromatic heterocycles. The van der Waals surface area contributed by atoms with Crippen LogP contribution in [0.4, 0.5) is 0 Å². The van der Waals surface area contributed by atoms with Crippen molar-refractivity contribution in [2.45, 2.75) is 32.4 Å². The topological polar surface area (TPSA) is 83.6 Å². The van der Waals surface area contributed by atoms with Gasteiger partial charge in [0.1, 0.15) is 6.04 Å². The van der Waals surface area contributed by atoms with Crippen molar-refractivity contribution in [1.82, 2.24) is 0 Å². The molecule has 0 rings (SSSR count). The Hall–Kier alpha value is -0.610. The minimum Gasteiger partial charge on any atom is -0.480 e. The number of hydrogen-bond acceptors (Lipinski definition) is 3. The molecule has 0 unspecified atom stereocenters. The molecule has 0 radical (unpaired) electrons. The van der Waals surface area contributed by atoms with Crippen LogP contribution in [0.15, 0.2) is 0 Å². The molecule has 0 aromatic rings. The quantitative estimate of drug-likeness (QED) is 0.535. The average Bonchev–Trinajstić information content (AvgIpc) is 1.82. The fourth-order valence-electron chi connectivity index (χ4n) is 0.653. The van der Waals surface area contributed by atoms with Crippen LogP contribution in [0.25, 0.3) is 0 Å². The minimum atomic E-state index is -1.08. The summed E-state index contributed by atoms with van der Waals surface area (Å²) in [6.07, 6.45) is 0. The van der Waals surface area contributed by atoms with Crippen molar-refractivity contribution in [2.75, 3.05) is 0 Å². The smallest absolute Gasteiger partial charge is 0.320 e. The van der Waals surface area contributed by atoms with Gasteiger partial charge in [-0.25, -0.2) is 0 Å². The van der Waals surface area contributed by atoms with Gasteiger partial charge in [-0.3, -0.25) is 4.79 Å². The first-order valence-electron chi connectivity index (χ1n) is 3.47. The van der Waals surface area contributed by atoms with Crippen molar-refractivity contribution in [1.29, 1.82) is 0 Å². The second kappa shape index (κ2) is 3.19. The highest BCUT2D eigenvalue weighted by atomic mass is 16.4. The molecule has 0 saturated carbocycles. The summed E-state index contributed by atoms with van der Waals surface area (Å²) < 4.78 is 0. The first-order chi connectivity index (χ1) is 4.76. The zero-order chi connectivity index (χ0) is 9.23. The number of aliphatic carboxylic acids is 1. The molecule has 0 fully saturated rings. The van der Waals surface area contributed by atoms with Gasteiger partial charge in [-0.15, -0.1) is 0 Å². The summed E-state index contributed by atoms with van der Waals surface area (Å²) in [5, 5.41) is 17.8. The molecular weight excluding hydrogens is 146 g/mol. The lowest BCUT2D eigenvalue weighted by molar-refractivity contribution is -0.142. The summed E-state index contributed by atoms with van der Waals surface area (Å²) in [6.45, 7) is 4.69. The molecule has 2 atom stereocenters. The number of nitrogens with two attached hydrogens (primary N) is 1. The monoisotopic (exact) mass is 161 g/mol. The van der Waals surface area contributed by atoms with Crippen LogP contribution >= 0.6 is 0 Å². The van der Waals surface area contributed by atoms with Gasteiger partial charge in [-0.1, -0.05) is 6.92 Å². The second-order valence-electron chi connectivity index (χ2n) is 3.31. The van der Waals surface area contributed by atoms with Gasteiger partial charge in [0.15, 0.2) is 0 Å². The van der Waals surface area contributed by atoms with Gasteiger partial charge in [0, 0.05) is 5.92 Å². The summed E-state index contributed by atoms with van der Waals surface area (Å²) in [5.74, 6) is -1.54. The molecule has 66 valence electrons. The number of aliphatic hydroxyl groups is 1. The van der Waals surface area contributed by atoms with Crippen LogP contribution in [0, 0.1) is 5.92 Å². The normalized spacial score (nSPS) is 17.5. The number of carboxylic acids is 1. The Labute approximate surface area is 66.0 Å². The maximum atomic E-state index is 10.4. The molecule has 0 aliphatic heterocycles. The third-order valence-corrected chi connectivity index (χ3v) is 1.94. The van der Waals surface area contributed by atoms with Crippen LogP contribution in [0.2, 0.25) is 0 Å². The fraction of sp³-hybridized carbons (Fsp3) is 0.857. The van der Waals surface area contributed by atoms with Crippen LogP contribution in [0.5, 0.6) is 0 Å². The van der Waals surface area contributed by atoms with E-state index in [2.05, 4.69) is 0 Å². The third kappa shape index (κ3) is 2.86. The minimum absolute atomic E-state index is 0.458. The Morgan fingerprint density at radius 2 is 1.91 bits per heavy atom. The first-order valence-corrected chi connectivity index (χ1v) is 3.47. The van der Waals surface area contributed by atoms with Gasteiger partial charge in [-0.05, 0) is 13.8 Å². The lowest BCUT2D eigenvalue weighted by atomic mass is 9.87. The molecule has 4 nitrogen and oxygen atoms in total. The van der Waals surface area contributed by atoms with Crippen LogP contribution in [-0.4, -0.2) is 27.8 Å². The molecule has 11 heavy (non-hydrogen) atoms. The molecule has 0 aliphatic carbocycles. The van der Waals surface area contributed by atoms with E-state index in [-0.39, 0.29) is 0 Å².